The number of alkyl halides is 9. The zero-order valence-electron chi connectivity index (χ0n) is 39.4. The molecule has 8 N–H and O–H groups in total. The fourth-order valence-electron chi connectivity index (χ4n) is 10.6. The van der Waals surface area contributed by atoms with Crippen LogP contribution in [0.2, 0.25) is 0 Å². The lowest BCUT2D eigenvalue weighted by atomic mass is 9.47. The first-order chi connectivity index (χ1) is 30.8. The molecule has 13 nitrogen and oxygen atoms in total. The molecule has 0 saturated heterocycles. The van der Waals surface area contributed by atoms with Crippen LogP contribution in [0, 0.1) is 46.3 Å². The Balaban J connectivity index is 0.000000882. The number of carbonyl (C=O) groups is 5. The minimum absolute atomic E-state index is 0.0952. The van der Waals surface area contributed by atoms with Crippen molar-refractivity contribution in [3.8, 4) is 0 Å². The minimum Gasteiger partial charge on any atom is -0.475 e. The van der Waals surface area contributed by atoms with Crippen molar-refractivity contribution in [1.82, 2.24) is 10.2 Å². The highest BCUT2D eigenvalue weighted by atomic mass is 19.4. The van der Waals surface area contributed by atoms with Gasteiger partial charge in [0.2, 0.25) is 5.91 Å². The molecule has 1 amide bonds. The summed E-state index contributed by atoms with van der Waals surface area (Å²) in [7, 11) is 0. The molecule has 0 radical (unpaired) electrons. The van der Waals surface area contributed by atoms with Crippen molar-refractivity contribution in [3.63, 3.8) is 0 Å². The van der Waals surface area contributed by atoms with Crippen molar-refractivity contribution in [2.24, 2.45) is 57.8 Å². The Morgan fingerprint density at radius 2 is 1.25 bits per heavy atom. The van der Waals surface area contributed by atoms with Crippen LogP contribution in [0.4, 0.5) is 39.5 Å². The number of carbonyl (C=O) groups excluding carboxylic acids is 2. The normalized spacial score (nSPS) is 26.6. The number of hydrogen-bond donors (Lipinski definition) is 6. The first kappa shape index (κ1) is 61.4. The van der Waals surface area contributed by atoms with E-state index in [0.29, 0.717) is 31.5 Å². The molecule has 0 aliphatic heterocycles. The average molecular weight is 985 g/mol. The maximum absolute atomic E-state index is 13.1. The van der Waals surface area contributed by atoms with E-state index in [0.717, 1.165) is 80.7 Å². The van der Waals surface area contributed by atoms with Gasteiger partial charge in [-0.05, 0) is 137 Å². The number of ether oxygens (including phenoxy) is 1. The fourth-order valence-corrected chi connectivity index (χ4v) is 10.6. The summed E-state index contributed by atoms with van der Waals surface area (Å²) in [6.07, 6.45) is 3.14. The lowest BCUT2D eigenvalue weighted by Gasteiger charge is -2.58. The van der Waals surface area contributed by atoms with Gasteiger partial charge in [0.15, 0.2) is 0 Å². The van der Waals surface area contributed by atoms with Gasteiger partial charge in [0.25, 0.3) is 0 Å². The van der Waals surface area contributed by atoms with Crippen molar-refractivity contribution in [1.29, 1.82) is 0 Å². The smallest absolute Gasteiger partial charge is 0.475 e. The third-order valence-electron chi connectivity index (χ3n) is 14.0. The maximum Gasteiger partial charge on any atom is 0.490 e. The average Bonchev–Trinajstić information content (AvgIpc) is 3.57. The predicted octanol–water partition coefficient (Wildman–Crippen LogP) is 8.73. The third kappa shape index (κ3) is 19.7. The first-order valence-corrected chi connectivity index (χ1v) is 23.0. The monoisotopic (exact) mass is 985 g/mol. The van der Waals surface area contributed by atoms with Crippen LogP contribution >= 0.6 is 0 Å². The second-order valence-corrected chi connectivity index (χ2v) is 19.2. The molecule has 9 atom stereocenters. The van der Waals surface area contributed by atoms with Crippen molar-refractivity contribution in [3.05, 3.63) is 11.6 Å². The van der Waals surface area contributed by atoms with Gasteiger partial charge >= 0.3 is 42.4 Å². The molecule has 22 heteroatoms. The van der Waals surface area contributed by atoms with Crippen molar-refractivity contribution < 1.29 is 83.5 Å². The standard InChI is InChI=1S/C39H70N4O3.3C2HF3O2/c1-27(2)10-7-11-28(3)33-14-15-34-32-13-12-30-26-31(16-19-38(30,5)35(32)17-20-39(33,34)6)46-37(45)29(4)42-36(44)18-25-43(23-8-21-40)24-9-22-41;3*3-2(4,5)1(6)7/h12,27-29,31-35H,7-11,13-26,40-41H2,1-6H3,(H,42,44);3*(H,6,7)/t28-,29-,31?,32?,33-,34?,35?,38+,39-;;;/m1.../s1. The number of fused-ring (bicyclic) bond motifs is 5. The number of aliphatic carboxylic acids is 3. The zero-order chi connectivity index (χ0) is 51.7. The highest BCUT2D eigenvalue weighted by Crippen LogP contribution is 2.67. The minimum atomic E-state index is -5.08. The number of carboxylic acid groups (broad SMARTS) is 3. The molecular formula is C45H73F9N4O9. The van der Waals surface area contributed by atoms with Gasteiger partial charge < -0.3 is 41.7 Å². The van der Waals surface area contributed by atoms with Crippen LogP contribution in [-0.2, 0) is 28.7 Å². The molecule has 0 bridgehead atoms. The summed E-state index contributed by atoms with van der Waals surface area (Å²) in [4.78, 5) is 54.7. The number of esters is 1. The van der Waals surface area contributed by atoms with Gasteiger partial charge in [0, 0.05) is 19.4 Å². The largest absolute Gasteiger partial charge is 0.490 e. The first-order valence-electron chi connectivity index (χ1n) is 23.0. The van der Waals surface area contributed by atoms with Gasteiger partial charge in [-0.3, -0.25) is 4.79 Å². The van der Waals surface area contributed by atoms with Crippen LogP contribution in [0.25, 0.3) is 0 Å². The van der Waals surface area contributed by atoms with E-state index in [1.165, 1.54) is 56.9 Å². The second kappa shape index (κ2) is 26.9. The number of amides is 1. The molecule has 0 spiro atoms. The Morgan fingerprint density at radius 1 is 0.746 bits per heavy atom. The summed E-state index contributed by atoms with van der Waals surface area (Å²) in [5.74, 6) is -3.76. The lowest BCUT2D eigenvalue weighted by Crippen LogP contribution is -2.51. The van der Waals surface area contributed by atoms with E-state index in [4.69, 9.17) is 45.9 Å². The van der Waals surface area contributed by atoms with Crippen molar-refractivity contribution in [2.75, 3.05) is 32.7 Å². The topological polar surface area (TPSA) is 223 Å². The zero-order valence-corrected chi connectivity index (χ0v) is 39.4. The molecule has 390 valence electrons. The lowest BCUT2D eigenvalue weighted by molar-refractivity contribution is -0.193. The van der Waals surface area contributed by atoms with Crippen molar-refractivity contribution in [2.45, 2.75) is 162 Å². The molecular weight excluding hydrogens is 911 g/mol. The number of nitrogens with two attached hydrogens (primary N) is 2. The molecule has 0 heterocycles. The summed E-state index contributed by atoms with van der Waals surface area (Å²) < 4.78 is 101. The van der Waals surface area contributed by atoms with Gasteiger partial charge in [-0.1, -0.05) is 65.5 Å². The molecule has 3 saturated carbocycles. The number of allylic oxidation sites excluding steroid dienone is 1. The van der Waals surface area contributed by atoms with Crippen LogP contribution < -0.4 is 16.8 Å². The van der Waals surface area contributed by atoms with Crippen LogP contribution in [0.15, 0.2) is 11.6 Å². The summed E-state index contributed by atoms with van der Waals surface area (Å²) in [6.45, 7) is 17.8. The van der Waals surface area contributed by atoms with E-state index in [9.17, 15) is 49.1 Å². The van der Waals surface area contributed by atoms with E-state index in [2.05, 4.69) is 50.9 Å². The fraction of sp³-hybridized carbons (Fsp3) is 0.844. The Morgan fingerprint density at radius 3 is 1.72 bits per heavy atom. The second-order valence-electron chi connectivity index (χ2n) is 19.2. The highest BCUT2D eigenvalue weighted by Gasteiger charge is 2.59. The van der Waals surface area contributed by atoms with E-state index in [-0.39, 0.29) is 23.4 Å². The summed E-state index contributed by atoms with van der Waals surface area (Å²) in [6, 6.07) is -0.647. The molecule has 0 aromatic rings. The summed E-state index contributed by atoms with van der Waals surface area (Å²) >= 11 is 0. The Kier molecular flexibility index (Phi) is 24.7. The Labute approximate surface area is 387 Å². The van der Waals surface area contributed by atoms with Gasteiger partial charge in [0.05, 0.1) is 0 Å². The molecule has 0 aromatic carbocycles. The Hall–Kier alpha value is -3.66. The van der Waals surface area contributed by atoms with Crippen molar-refractivity contribution >= 4 is 29.8 Å². The number of hydrogen-bond acceptors (Lipinski definition) is 9. The Bertz CT molecular complexity index is 1560. The van der Waals surface area contributed by atoms with Crippen LogP contribution in [-0.4, -0.2) is 113 Å². The van der Waals surface area contributed by atoms with E-state index < -0.39 is 42.5 Å². The number of nitrogens with zero attached hydrogens (tertiary/aromatic N) is 1. The van der Waals surface area contributed by atoms with E-state index in [1.807, 2.05) is 0 Å². The number of rotatable bonds is 17. The highest BCUT2D eigenvalue weighted by molar-refractivity contribution is 5.84. The number of carboxylic acids is 3. The number of nitrogens with one attached hydrogen (secondary N) is 1. The predicted molar refractivity (Wildman–Crippen MR) is 230 cm³/mol. The molecule has 4 aliphatic carbocycles. The quantitative estimate of drug-likeness (QED) is 0.0458. The molecule has 4 unspecified atom stereocenters. The van der Waals surface area contributed by atoms with Crippen LogP contribution in [0.5, 0.6) is 0 Å². The summed E-state index contributed by atoms with van der Waals surface area (Å²) in [5, 5.41) is 24.3. The van der Waals surface area contributed by atoms with Gasteiger partial charge in [0.1, 0.15) is 12.1 Å². The number of halogens is 9. The molecule has 4 aliphatic rings. The molecule has 4 rings (SSSR count). The molecule has 0 aromatic heterocycles. The van der Waals surface area contributed by atoms with Crippen LogP contribution in [0.1, 0.15) is 131 Å². The SMILES string of the molecule is CC(C)CCC[C@@H](C)[C@H]1CCC2C3CC=C4CC(OC(=O)[C@@H](C)NC(=O)CCN(CCCN)CCCN)CC[C@]4(C)C3CC[C@@]21C.O=C(O)C(F)(F)F.O=C(O)C(F)(F)F.O=C(O)C(F)(F)F. The maximum atomic E-state index is 13.1. The van der Waals surface area contributed by atoms with Gasteiger partial charge in [-0.15, -0.1) is 0 Å². The molecule has 67 heavy (non-hydrogen) atoms. The van der Waals surface area contributed by atoms with Crippen LogP contribution in [0.3, 0.4) is 0 Å². The van der Waals surface area contributed by atoms with Gasteiger partial charge in [-0.25, -0.2) is 19.2 Å². The third-order valence-corrected chi connectivity index (χ3v) is 14.0. The summed E-state index contributed by atoms with van der Waals surface area (Å²) in [5.41, 5.74) is 13.6. The molecule has 3 fully saturated rings. The van der Waals surface area contributed by atoms with Gasteiger partial charge in [-0.2, -0.15) is 39.5 Å². The van der Waals surface area contributed by atoms with E-state index in [1.54, 1.807) is 6.92 Å². The van der Waals surface area contributed by atoms with E-state index >= 15 is 0 Å².